The molecule has 1 aliphatic heterocycles. The van der Waals surface area contributed by atoms with Gasteiger partial charge in [-0.3, -0.25) is 0 Å². The molecule has 0 spiro atoms. The van der Waals surface area contributed by atoms with Crippen molar-refractivity contribution in [3.05, 3.63) is 34.6 Å². The first-order chi connectivity index (χ1) is 9.04. The largest absolute Gasteiger partial charge is 0.478 e. The lowest BCUT2D eigenvalue weighted by Gasteiger charge is -2.25. The van der Waals surface area contributed by atoms with Gasteiger partial charge in [-0.2, -0.15) is 0 Å². The molecule has 6 heteroatoms. The predicted molar refractivity (Wildman–Crippen MR) is 64.4 cm³/mol. The summed E-state index contributed by atoms with van der Waals surface area (Å²) in [6, 6.07) is 1.66. The van der Waals surface area contributed by atoms with Crippen LogP contribution in [0.1, 0.15) is 34.5 Å². The molecule has 0 amide bonds. The maximum atomic E-state index is 13.6. The van der Waals surface area contributed by atoms with Crippen LogP contribution in [0.25, 0.3) is 0 Å². The predicted octanol–water partition coefficient (Wildman–Crippen LogP) is 1.27. The number of esters is 1. The fourth-order valence-electron chi connectivity index (χ4n) is 2.18. The Morgan fingerprint density at radius 2 is 2.26 bits per heavy atom. The van der Waals surface area contributed by atoms with E-state index in [0.717, 1.165) is 0 Å². The highest BCUT2D eigenvalue weighted by Crippen LogP contribution is 2.27. The number of carbonyl (C=O) groups excluding carboxylic acids is 1. The van der Waals surface area contributed by atoms with E-state index in [2.05, 4.69) is 5.32 Å². The number of benzene rings is 1. The molecular weight excluding hydrogens is 253 g/mol. The van der Waals surface area contributed by atoms with Crippen LogP contribution in [0.3, 0.4) is 0 Å². The topological polar surface area (TPSA) is 75.6 Å². The van der Waals surface area contributed by atoms with Gasteiger partial charge in [-0.15, -0.1) is 0 Å². The quantitative estimate of drug-likeness (QED) is 0.807. The molecular formula is C13H14FNO4. The van der Waals surface area contributed by atoms with E-state index in [1.807, 2.05) is 0 Å². The average Bonchev–Trinajstić information content (AvgIpc) is 2.37. The molecule has 0 bridgehead atoms. The Balaban J connectivity index is 2.45. The van der Waals surface area contributed by atoms with Crippen LogP contribution in [0.5, 0.6) is 0 Å². The minimum atomic E-state index is -1.35. The Kier molecular flexibility index (Phi) is 3.80. The molecule has 102 valence electrons. The number of carbonyl (C=O) groups is 2. The molecule has 1 unspecified atom stereocenters. The van der Waals surface area contributed by atoms with Gasteiger partial charge in [0.15, 0.2) is 0 Å². The summed E-state index contributed by atoms with van der Waals surface area (Å²) in [6.45, 7) is 2.44. The molecule has 0 aromatic heterocycles. The van der Waals surface area contributed by atoms with Crippen LogP contribution in [0.2, 0.25) is 0 Å². The summed E-state index contributed by atoms with van der Waals surface area (Å²) in [7, 11) is 0. The molecule has 1 aromatic carbocycles. The highest BCUT2D eigenvalue weighted by molar-refractivity contribution is 5.89. The fraction of sp³-hybridized carbons (Fsp3) is 0.385. The highest BCUT2D eigenvalue weighted by Gasteiger charge is 2.29. The molecule has 1 heterocycles. The maximum absolute atomic E-state index is 13.6. The summed E-state index contributed by atoms with van der Waals surface area (Å²) in [5.41, 5.74) is 0.680. The normalized spacial score (nSPS) is 17.7. The second-order valence-electron chi connectivity index (χ2n) is 4.23. The molecule has 2 rings (SSSR count). The molecule has 2 N–H and O–H groups in total. The summed E-state index contributed by atoms with van der Waals surface area (Å²) >= 11 is 0. The Hall–Kier alpha value is -1.95. The number of hydrogen-bond donors (Lipinski definition) is 2. The van der Waals surface area contributed by atoms with Crippen molar-refractivity contribution in [3.8, 4) is 0 Å². The number of hydrogen-bond acceptors (Lipinski definition) is 4. The van der Waals surface area contributed by atoms with Crippen molar-refractivity contribution < 1.29 is 23.8 Å². The minimum absolute atomic E-state index is 0.235. The van der Waals surface area contributed by atoms with Crippen LogP contribution in [-0.2, 0) is 16.0 Å². The first kappa shape index (κ1) is 13.5. The average molecular weight is 267 g/mol. The van der Waals surface area contributed by atoms with E-state index < -0.39 is 29.4 Å². The SMILES string of the molecule is CCOC(=O)C1NCCc2cc(F)c(C(=O)O)cc21. The first-order valence-electron chi connectivity index (χ1n) is 6.00. The standard InChI is InChI=1S/C13H14FNO4/c1-2-19-13(18)11-8-6-9(12(16)17)10(14)5-7(8)3-4-15-11/h5-6,11,15H,2-4H2,1H3,(H,16,17). The van der Waals surface area contributed by atoms with Gasteiger partial charge in [-0.1, -0.05) is 0 Å². The van der Waals surface area contributed by atoms with Crippen LogP contribution in [0.4, 0.5) is 4.39 Å². The Labute approximate surface area is 109 Å². The van der Waals surface area contributed by atoms with Crippen LogP contribution >= 0.6 is 0 Å². The van der Waals surface area contributed by atoms with E-state index in [9.17, 15) is 14.0 Å². The summed E-state index contributed by atoms with van der Waals surface area (Å²) in [5, 5.41) is 11.9. The van der Waals surface area contributed by atoms with Gasteiger partial charge < -0.3 is 15.2 Å². The van der Waals surface area contributed by atoms with Gasteiger partial charge >= 0.3 is 11.9 Å². The van der Waals surface area contributed by atoms with Crippen molar-refractivity contribution in [2.24, 2.45) is 0 Å². The number of carboxylic acids is 1. The van der Waals surface area contributed by atoms with Gasteiger partial charge in [0.05, 0.1) is 12.2 Å². The molecule has 1 atom stereocenters. The smallest absolute Gasteiger partial charge is 0.338 e. The number of nitrogens with one attached hydrogen (secondary N) is 1. The second-order valence-corrected chi connectivity index (χ2v) is 4.23. The van der Waals surface area contributed by atoms with Gasteiger partial charge in [-0.05, 0) is 36.6 Å². The molecule has 19 heavy (non-hydrogen) atoms. The molecule has 0 saturated carbocycles. The third kappa shape index (κ3) is 2.58. The van der Waals surface area contributed by atoms with E-state index in [1.54, 1.807) is 6.92 Å². The monoisotopic (exact) mass is 267 g/mol. The summed E-state index contributed by atoms with van der Waals surface area (Å²) in [6.07, 6.45) is 0.544. The Morgan fingerprint density at radius 3 is 2.89 bits per heavy atom. The van der Waals surface area contributed by atoms with Crippen LogP contribution in [0.15, 0.2) is 12.1 Å². The van der Waals surface area contributed by atoms with Gasteiger partial charge in [0.1, 0.15) is 11.9 Å². The van der Waals surface area contributed by atoms with Crippen molar-refractivity contribution >= 4 is 11.9 Å². The number of carboxylic acid groups (broad SMARTS) is 1. The van der Waals surface area contributed by atoms with E-state index >= 15 is 0 Å². The number of ether oxygens (including phenoxy) is 1. The van der Waals surface area contributed by atoms with Crippen molar-refractivity contribution in [1.29, 1.82) is 0 Å². The third-order valence-corrected chi connectivity index (χ3v) is 3.04. The van der Waals surface area contributed by atoms with Crippen LogP contribution in [-0.4, -0.2) is 30.2 Å². The van der Waals surface area contributed by atoms with Gasteiger partial charge in [0, 0.05) is 6.54 Å². The maximum Gasteiger partial charge on any atom is 0.338 e. The lowest BCUT2D eigenvalue weighted by atomic mass is 9.92. The molecule has 0 radical (unpaired) electrons. The number of aromatic carboxylic acids is 1. The van der Waals surface area contributed by atoms with Gasteiger partial charge in [0.2, 0.25) is 0 Å². The molecule has 0 saturated heterocycles. The van der Waals surface area contributed by atoms with E-state index in [4.69, 9.17) is 9.84 Å². The third-order valence-electron chi connectivity index (χ3n) is 3.04. The van der Waals surface area contributed by atoms with Gasteiger partial charge in [-0.25, -0.2) is 14.0 Å². The highest BCUT2D eigenvalue weighted by atomic mass is 19.1. The van der Waals surface area contributed by atoms with Crippen molar-refractivity contribution in [1.82, 2.24) is 5.32 Å². The number of fused-ring (bicyclic) bond motifs is 1. The number of halogens is 1. The van der Waals surface area contributed by atoms with E-state index in [-0.39, 0.29) is 6.61 Å². The number of rotatable bonds is 3. The van der Waals surface area contributed by atoms with Crippen molar-refractivity contribution in [3.63, 3.8) is 0 Å². The molecule has 0 fully saturated rings. The molecule has 5 nitrogen and oxygen atoms in total. The Morgan fingerprint density at radius 1 is 1.53 bits per heavy atom. The van der Waals surface area contributed by atoms with E-state index in [1.165, 1.54) is 12.1 Å². The second kappa shape index (κ2) is 5.36. The summed E-state index contributed by atoms with van der Waals surface area (Å²) in [5.74, 6) is -2.62. The summed E-state index contributed by atoms with van der Waals surface area (Å²) < 4.78 is 18.5. The first-order valence-corrected chi connectivity index (χ1v) is 6.00. The van der Waals surface area contributed by atoms with Crippen molar-refractivity contribution in [2.45, 2.75) is 19.4 Å². The zero-order chi connectivity index (χ0) is 14.0. The molecule has 0 aliphatic carbocycles. The Bertz CT molecular complexity index is 530. The van der Waals surface area contributed by atoms with Gasteiger partial charge in [0.25, 0.3) is 0 Å². The molecule has 1 aromatic rings. The zero-order valence-electron chi connectivity index (χ0n) is 10.4. The lowest BCUT2D eigenvalue weighted by molar-refractivity contribution is -0.146. The van der Waals surface area contributed by atoms with E-state index in [0.29, 0.717) is 24.1 Å². The fourth-order valence-corrected chi connectivity index (χ4v) is 2.18. The van der Waals surface area contributed by atoms with Crippen LogP contribution < -0.4 is 5.32 Å². The zero-order valence-corrected chi connectivity index (χ0v) is 10.4. The molecule has 1 aliphatic rings. The minimum Gasteiger partial charge on any atom is -0.478 e. The lowest BCUT2D eigenvalue weighted by Crippen LogP contribution is -2.36. The summed E-state index contributed by atoms with van der Waals surface area (Å²) in [4.78, 5) is 22.7. The van der Waals surface area contributed by atoms with Crippen LogP contribution in [0, 0.1) is 5.82 Å². The van der Waals surface area contributed by atoms with Crippen molar-refractivity contribution in [2.75, 3.05) is 13.2 Å².